The summed E-state index contributed by atoms with van der Waals surface area (Å²) < 4.78 is 12.8. The fourth-order valence-corrected chi connectivity index (χ4v) is 2.16. The van der Waals surface area contributed by atoms with Crippen LogP contribution in [0.25, 0.3) is 11.0 Å². The Morgan fingerprint density at radius 2 is 2.05 bits per heavy atom. The standard InChI is InChI=1S/C16H11ClFN3/c17-15-11(10-21-16-14(15)7-9-20-16)2-1-8-19-13-5-3-12(18)4-6-13/h3-7,9-10,19H,8H2,(H,20,21). The summed E-state index contributed by atoms with van der Waals surface area (Å²) in [4.78, 5) is 7.24. The molecule has 0 aliphatic heterocycles. The number of nitrogens with zero attached hydrogens (tertiary/aromatic N) is 1. The SMILES string of the molecule is Fc1ccc(NCC#Cc2cnc3[nH]ccc3c2Cl)cc1. The van der Waals surface area contributed by atoms with Gasteiger partial charge in [-0.1, -0.05) is 23.4 Å². The van der Waals surface area contributed by atoms with Crippen LogP contribution in [0.5, 0.6) is 0 Å². The van der Waals surface area contributed by atoms with Crippen molar-refractivity contribution in [1.82, 2.24) is 9.97 Å². The first-order valence-electron chi connectivity index (χ1n) is 6.34. The van der Waals surface area contributed by atoms with Crippen molar-refractivity contribution in [1.29, 1.82) is 0 Å². The molecule has 0 saturated carbocycles. The van der Waals surface area contributed by atoms with E-state index in [-0.39, 0.29) is 5.82 Å². The number of pyridine rings is 1. The Labute approximate surface area is 126 Å². The minimum atomic E-state index is -0.260. The first-order valence-corrected chi connectivity index (χ1v) is 6.72. The Morgan fingerprint density at radius 3 is 2.86 bits per heavy atom. The van der Waals surface area contributed by atoms with Crippen molar-refractivity contribution in [2.45, 2.75) is 0 Å². The fraction of sp³-hybridized carbons (Fsp3) is 0.0625. The van der Waals surface area contributed by atoms with E-state index in [0.717, 1.165) is 16.7 Å². The molecule has 0 amide bonds. The van der Waals surface area contributed by atoms with E-state index in [4.69, 9.17) is 11.6 Å². The Kier molecular flexibility index (Phi) is 3.76. The first kappa shape index (κ1) is 13.5. The predicted octanol–water partition coefficient (Wildman–Crippen LogP) is 3.82. The number of nitrogens with one attached hydrogen (secondary N) is 2. The van der Waals surface area contributed by atoms with E-state index in [0.29, 0.717) is 17.1 Å². The molecule has 2 heterocycles. The number of hydrogen-bond acceptors (Lipinski definition) is 2. The summed E-state index contributed by atoms with van der Waals surface area (Å²) in [6, 6.07) is 7.99. The van der Waals surface area contributed by atoms with Crippen LogP contribution in [0.3, 0.4) is 0 Å². The number of benzene rings is 1. The van der Waals surface area contributed by atoms with Gasteiger partial charge < -0.3 is 10.3 Å². The summed E-state index contributed by atoms with van der Waals surface area (Å²) in [6.07, 6.45) is 3.43. The predicted molar refractivity (Wildman–Crippen MR) is 82.9 cm³/mol. The van der Waals surface area contributed by atoms with Crippen LogP contribution in [0.2, 0.25) is 5.02 Å². The van der Waals surface area contributed by atoms with Gasteiger partial charge in [0, 0.05) is 23.5 Å². The number of rotatable bonds is 2. The summed E-state index contributed by atoms with van der Waals surface area (Å²) in [5.41, 5.74) is 2.25. The molecule has 0 bridgehead atoms. The Morgan fingerprint density at radius 1 is 1.24 bits per heavy atom. The van der Waals surface area contributed by atoms with E-state index < -0.39 is 0 Å². The summed E-state index contributed by atoms with van der Waals surface area (Å²) in [5, 5.41) is 4.53. The average molecular weight is 300 g/mol. The third-order valence-electron chi connectivity index (χ3n) is 2.97. The van der Waals surface area contributed by atoms with Gasteiger partial charge >= 0.3 is 0 Å². The van der Waals surface area contributed by atoms with Crippen LogP contribution < -0.4 is 5.32 Å². The van der Waals surface area contributed by atoms with Crippen molar-refractivity contribution in [3.05, 3.63) is 59.1 Å². The molecule has 5 heteroatoms. The highest BCUT2D eigenvalue weighted by Gasteiger charge is 2.04. The van der Waals surface area contributed by atoms with Crippen molar-refractivity contribution in [2.75, 3.05) is 11.9 Å². The maximum absolute atomic E-state index is 12.8. The molecule has 0 saturated heterocycles. The monoisotopic (exact) mass is 299 g/mol. The molecule has 104 valence electrons. The van der Waals surface area contributed by atoms with Gasteiger partial charge in [-0.15, -0.1) is 0 Å². The van der Waals surface area contributed by atoms with E-state index in [1.165, 1.54) is 12.1 Å². The molecule has 2 aromatic heterocycles. The fourth-order valence-electron chi connectivity index (χ4n) is 1.92. The van der Waals surface area contributed by atoms with Gasteiger partial charge in [0.25, 0.3) is 0 Å². The lowest BCUT2D eigenvalue weighted by molar-refractivity contribution is 0.628. The van der Waals surface area contributed by atoms with Crippen LogP contribution in [-0.2, 0) is 0 Å². The number of H-pyrrole nitrogens is 1. The van der Waals surface area contributed by atoms with E-state index in [9.17, 15) is 4.39 Å². The molecule has 0 spiro atoms. The van der Waals surface area contributed by atoms with E-state index in [2.05, 4.69) is 27.1 Å². The molecule has 0 fully saturated rings. The van der Waals surface area contributed by atoms with Crippen molar-refractivity contribution in [2.24, 2.45) is 0 Å². The van der Waals surface area contributed by atoms with Gasteiger partial charge in [-0.05, 0) is 30.3 Å². The molecule has 0 radical (unpaired) electrons. The third-order valence-corrected chi connectivity index (χ3v) is 3.38. The van der Waals surface area contributed by atoms with Crippen molar-refractivity contribution in [3.63, 3.8) is 0 Å². The van der Waals surface area contributed by atoms with Crippen molar-refractivity contribution in [3.8, 4) is 11.8 Å². The highest BCUT2D eigenvalue weighted by molar-refractivity contribution is 6.36. The molecule has 0 aliphatic rings. The molecular formula is C16H11ClFN3. The van der Waals surface area contributed by atoms with Gasteiger partial charge in [0.05, 0.1) is 17.1 Å². The molecule has 0 atom stereocenters. The lowest BCUT2D eigenvalue weighted by Crippen LogP contribution is -1.98. The number of hydrogen-bond donors (Lipinski definition) is 2. The molecule has 3 rings (SSSR count). The molecule has 1 aromatic carbocycles. The third kappa shape index (κ3) is 2.99. The van der Waals surface area contributed by atoms with Crippen molar-refractivity contribution >= 4 is 28.3 Å². The van der Waals surface area contributed by atoms with E-state index in [1.807, 2.05) is 6.07 Å². The summed E-state index contributed by atoms with van der Waals surface area (Å²) in [6.45, 7) is 0.438. The highest BCUT2D eigenvalue weighted by atomic mass is 35.5. The van der Waals surface area contributed by atoms with Crippen LogP contribution in [0.1, 0.15) is 5.56 Å². The van der Waals surface area contributed by atoms with E-state index >= 15 is 0 Å². The summed E-state index contributed by atoms with van der Waals surface area (Å²) >= 11 is 6.27. The summed E-state index contributed by atoms with van der Waals surface area (Å²) in [7, 11) is 0. The van der Waals surface area contributed by atoms with Gasteiger partial charge in [0.1, 0.15) is 11.5 Å². The molecule has 3 aromatic rings. The molecule has 3 nitrogen and oxygen atoms in total. The molecular weight excluding hydrogens is 289 g/mol. The lowest BCUT2D eigenvalue weighted by atomic mass is 10.2. The second-order valence-corrected chi connectivity index (χ2v) is 4.77. The minimum Gasteiger partial charge on any atom is -0.374 e. The molecule has 0 unspecified atom stereocenters. The summed E-state index contributed by atoms with van der Waals surface area (Å²) in [5.74, 6) is 5.69. The number of halogens is 2. The topological polar surface area (TPSA) is 40.7 Å². The Bertz CT molecular complexity index is 828. The molecule has 2 N–H and O–H groups in total. The van der Waals surface area contributed by atoms with Gasteiger partial charge in [-0.2, -0.15) is 0 Å². The van der Waals surface area contributed by atoms with Crippen LogP contribution >= 0.6 is 11.6 Å². The maximum atomic E-state index is 12.8. The molecule has 0 aliphatic carbocycles. The second kappa shape index (κ2) is 5.86. The average Bonchev–Trinajstić information content (AvgIpc) is 2.97. The number of aromatic nitrogens is 2. The lowest BCUT2D eigenvalue weighted by Gasteiger charge is -2.01. The Balaban J connectivity index is 1.71. The van der Waals surface area contributed by atoms with Crippen LogP contribution in [0, 0.1) is 17.7 Å². The smallest absolute Gasteiger partial charge is 0.138 e. The van der Waals surface area contributed by atoms with Crippen LogP contribution in [0.4, 0.5) is 10.1 Å². The maximum Gasteiger partial charge on any atom is 0.138 e. The number of anilines is 1. The Hall–Kier alpha value is -2.51. The number of fused-ring (bicyclic) bond motifs is 1. The largest absolute Gasteiger partial charge is 0.374 e. The minimum absolute atomic E-state index is 0.260. The van der Waals surface area contributed by atoms with Crippen LogP contribution in [-0.4, -0.2) is 16.5 Å². The van der Waals surface area contributed by atoms with Crippen molar-refractivity contribution < 1.29 is 4.39 Å². The van der Waals surface area contributed by atoms with Crippen LogP contribution in [0.15, 0.2) is 42.7 Å². The zero-order valence-electron chi connectivity index (χ0n) is 11.0. The molecule has 21 heavy (non-hydrogen) atoms. The number of aromatic amines is 1. The normalized spacial score (nSPS) is 10.2. The van der Waals surface area contributed by atoms with Gasteiger partial charge in [0.2, 0.25) is 0 Å². The quantitative estimate of drug-likeness (QED) is 0.706. The van der Waals surface area contributed by atoms with Gasteiger partial charge in [-0.3, -0.25) is 0 Å². The van der Waals surface area contributed by atoms with Gasteiger partial charge in [-0.25, -0.2) is 9.37 Å². The van der Waals surface area contributed by atoms with E-state index in [1.54, 1.807) is 24.5 Å². The highest BCUT2D eigenvalue weighted by Crippen LogP contribution is 2.24. The zero-order chi connectivity index (χ0) is 14.7. The second-order valence-electron chi connectivity index (χ2n) is 4.39. The first-order chi connectivity index (χ1) is 10.2. The zero-order valence-corrected chi connectivity index (χ0v) is 11.7. The van der Waals surface area contributed by atoms with Gasteiger partial charge in [0.15, 0.2) is 0 Å².